The second kappa shape index (κ2) is 7.47. The largest absolute Gasteiger partial charge is 0.393 e. The Morgan fingerprint density at radius 2 is 1.94 bits per heavy atom. The van der Waals surface area contributed by atoms with Gasteiger partial charge in [0.15, 0.2) is 0 Å². The first-order chi connectivity index (χ1) is 8.28. The maximum atomic E-state index is 10.1. The Balaban J connectivity index is 2.18. The Bertz CT molecular complexity index is 234. The van der Waals surface area contributed by atoms with Gasteiger partial charge in [-0.05, 0) is 55.8 Å². The third kappa shape index (κ3) is 6.74. The molecule has 2 heteroatoms. The van der Waals surface area contributed by atoms with Crippen LogP contribution >= 0.6 is 22.6 Å². The topological polar surface area (TPSA) is 20.2 Å². The molecule has 1 aliphatic rings. The van der Waals surface area contributed by atoms with Gasteiger partial charge >= 0.3 is 0 Å². The van der Waals surface area contributed by atoms with Gasteiger partial charge in [0.2, 0.25) is 0 Å². The summed E-state index contributed by atoms with van der Waals surface area (Å²) < 4.78 is 0.858. The summed E-state index contributed by atoms with van der Waals surface area (Å²) in [5, 5.41) is 10.1. The fourth-order valence-corrected chi connectivity index (χ4v) is 3.71. The van der Waals surface area contributed by atoms with Gasteiger partial charge in [0.25, 0.3) is 0 Å². The van der Waals surface area contributed by atoms with Crippen molar-refractivity contribution in [3.63, 3.8) is 0 Å². The van der Waals surface area contributed by atoms with Crippen molar-refractivity contribution in [3.8, 4) is 0 Å². The van der Waals surface area contributed by atoms with Crippen LogP contribution in [0, 0.1) is 17.3 Å². The van der Waals surface area contributed by atoms with E-state index in [-0.39, 0.29) is 6.10 Å². The minimum Gasteiger partial charge on any atom is -0.393 e. The van der Waals surface area contributed by atoms with Crippen LogP contribution in [0.3, 0.4) is 0 Å². The molecule has 0 aromatic rings. The smallest absolute Gasteiger partial charge is 0.0542 e. The second-order valence-electron chi connectivity index (χ2n) is 7.51. The number of halogens is 1. The van der Waals surface area contributed by atoms with Gasteiger partial charge in [-0.3, -0.25) is 0 Å². The zero-order valence-electron chi connectivity index (χ0n) is 12.6. The Morgan fingerprint density at radius 3 is 2.50 bits per heavy atom. The molecule has 0 heterocycles. The van der Waals surface area contributed by atoms with Gasteiger partial charge in [-0.1, -0.05) is 56.7 Å². The van der Waals surface area contributed by atoms with Crippen molar-refractivity contribution in [1.82, 2.24) is 0 Å². The summed E-state index contributed by atoms with van der Waals surface area (Å²) in [4.78, 5) is 0. The molecule has 18 heavy (non-hydrogen) atoms. The fraction of sp³-hybridized carbons (Fsp3) is 1.00. The highest BCUT2D eigenvalue weighted by Crippen LogP contribution is 2.36. The summed E-state index contributed by atoms with van der Waals surface area (Å²) >= 11 is 2.60. The summed E-state index contributed by atoms with van der Waals surface area (Å²) in [6, 6.07) is 0. The second-order valence-corrected chi connectivity index (χ2v) is 9.11. The van der Waals surface area contributed by atoms with E-state index in [0.29, 0.717) is 5.41 Å². The predicted octanol–water partition coefficient (Wildman–Crippen LogP) is 5.19. The molecule has 0 bridgehead atoms. The molecular weight excluding hydrogens is 335 g/mol. The van der Waals surface area contributed by atoms with Crippen molar-refractivity contribution in [2.24, 2.45) is 17.3 Å². The van der Waals surface area contributed by atoms with Crippen molar-refractivity contribution in [1.29, 1.82) is 0 Å². The maximum absolute atomic E-state index is 10.1. The number of hydrogen-bond donors (Lipinski definition) is 1. The first-order valence-corrected chi connectivity index (χ1v) is 8.84. The number of rotatable bonds is 5. The number of hydrogen-bond acceptors (Lipinski definition) is 1. The molecule has 0 aliphatic heterocycles. The molecule has 108 valence electrons. The number of alkyl halides is 1. The molecule has 3 unspecified atom stereocenters. The lowest BCUT2D eigenvalue weighted by atomic mass is 9.79. The highest BCUT2D eigenvalue weighted by atomic mass is 127. The average molecular weight is 366 g/mol. The van der Waals surface area contributed by atoms with Gasteiger partial charge in [0, 0.05) is 3.92 Å². The van der Waals surface area contributed by atoms with Crippen LogP contribution in [0.2, 0.25) is 0 Å². The van der Waals surface area contributed by atoms with Gasteiger partial charge in [-0.2, -0.15) is 0 Å². The number of aliphatic hydroxyl groups is 1. The van der Waals surface area contributed by atoms with Crippen LogP contribution in [0.15, 0.2) is 0 Å². The molecule has 1 N–H and O–H groups in total. The van der Waals surface area contributed by atoms with Crippen molar-refractivity contribution >= 4 is 22.6 Å². The van der Waals surface area contributed by atoms with E-state index >= 15 is 0 Å². The van der Waals surface area contributed by atoms with Crippen LogP contribution < -0.4 is 0 Å². The summed E-state index contributed by atoms with van der Waals surface area (Å²) in [7, 11) is 0. The molecule has 0 radical (unpaired) electrons. The Morgan fingerprint density at radius 1 is 1.28 bits per heavy atom. The van der Waals surface area contributed by atoms with Gasteiger partial charge in [-0.15, -0.1) is 0 Å². The first-order valence-electron chi connectivity index (χ1n) is 7.60. The number of aliphatic hydroxyl groups excluding tert-OH is 1. The summed E-state index contributed by atoms with van der Waals surface area (Å²) in [6.07, 6.45) is 8.37. The van der Waals surface area contributed by atoms with E-state index in [1.54, 1.807) is 0 Å². The molecule has 0 aromatic carbocycles. The molecule has 1 saturated carbocycles. The highest BCUT2D eigenvalue weighted by Gasteiger charge is 2.27. The third-order valence-corrected chi connectivity index (χ3v) is 6.09. The lowest BCUT2D eigenvalue weighted by Gasteiger charge is -2.32. The highest BCUT2D eigenvalue weighted by molar-refractivity contribution is 14.1. The van der Waals surface area contributed by atoms with E-state index in [0.717, 1.165) is 28.6 Å². The Labute approximate surface area is 127 Å². The minimum atomic E-state index is -0.0599. The quantitative estimate of drug-likeness (QED) is 0.524. The van der Waals surface area contributed by atoms with E-state index in [1.165, 1.54) is 32.1 Å². The standard InChI is InChI=1S/C16H31IO/c1-12-10-13(7-8-15(12)17)11-14(18)6-5-9-16(2,3)4/h12-15,18H,5-11H2,1-4H3/t12?,13?,14?,15-/m1/s1. The maximum Gasteiger partial charge on any atom is 0.0542 e. The van der Waals surface area contributed by atoms with Gasteiger partial charge in [0.1, 0.15) is 0 Å². The zero-order valence-corrected chi connectivity index (χ0v) is 14.7. The van der Waals surface area contributed by atoms with Gasteiger partial charge in [-0.25, -0.2) is 0 Å². The van der Waals surface area contributed by atoms with Crippen LogP contribution in [0.5, 0.6) is 0 Å². The normalized spacial score (nSPS) is 31.3. The van der Waals surface area contributed by atoms with E-state index in [2.05, 4.69) is 50.3 Å². The molecular formula is C16H31IO. The molecule has 1 fully saturated rings. The molecule has 1 aliphatic carbocycles. The van der Waals surface area contributed by atoms with E-state index in [4.69, 9.17) is 0 Å². The van der Waals surface area contributed by atoms with E-state index < -0.39 is 0 Å². The molecule has 0 aromatic heterocycles. The van der Waals surface area contributed by atoms with E-state index in [9.17, 15) is 5.11 Å². The van der Waals surface area contributed by atoms with E-state index in [1.807, 2.05) is 0 Å². The third-order valence-electron chi connectivity index (χ3n) is 4.24. The molecule has 1 nitrogen and oxygen atoms in total. The summed E-state index contributed by atoms with van der Waals surface area (Å²) in [6.45, 7) is 9.21. The monoisotopic (exact) mass is 366 g/mol. The minimum absolute atomic E-state index is 0.0599. The lowest BCUT2D eigenvalue weighted by Crippen LogP contribution is -2.25. The van der Waals surface area contributed by atoms with Crippen molar-refractivity contribution in [2.45, 2.75) is 82.7 Å². The van der Waals surface area contributed by atoms with Crippen molar-refractivity contribution in [3.05, 3.63) is 0 Å². The summed E-state index contributed by atoms with van der Waals surface area (Å²) in [5.41, 5.74) is 0.410. The van der Waals surface area contributed by atoms with Gasteiger partial charge < -0.3 is 5.11 Å². The van der Waals surface area contributed by atoms with Crippen LogP contribution in [-0.4, -0.2) is 15.1 Å². The van der Waals surface area contributed by atoms with Crippen LogP contribution in [-0.2, 0) is 0 Å². The molecule has 0 amide bonds. The van der Waals surface area contributed by atoms with Crippen molar-refractivity contribution < 1.29 is 5.11 Å². The molecule has 0 saturated heterocycles. The van der Waals surface area contributed by atoms with Crippen LogP contribution in [0.1, 0.15) is 72.6 Å². The van der Waals surface area contributed by atoms with Crippen LogP contribution in [0.25, 0.3) is 0 Å². The van der Waals surface area contributed by atoms with Crippen molar-refractivity contribution in [2.75, 3.05) is 0 Å². The summed E-state index contributed by atoms with van der Waals surface area (Å²) in [5.74, 6) is 1.61. The molecule has 4 atom stereocenters. The molecule has 0 spiro atoms. The van der Waals surface area contributed by atoms with Gasteiger partial charge in [0.05, 0.1) is 6.10 Å². The molecule has 1 rings (SSSR count). The average Bonchev–Trinajstić information content (AvgIpc) is 2.21. The zero-order chi connectivity index (χ0) is 13.8. The van der Waals surface area contributed by atoms with Crippen LogP contribution in [0.4, 0.5) is 0 Å². The first kappa shape index (κ1) is 16.7. The fourth-order valence-electron chi connectivity index (χ4n) is 3.06. The SMILES string of the molecule is CC1CC(CC(O)CCCC(C)(C)C)CC[C@H]1I. The predicted molar refractivity (Wildman–Crippen MR) is 88.2 cm³/mol. The Kier molecular flexibility index (Phi) is 6.95. The lowest BCUT2D eigenvalue weighted by molar-refractivity contribution is 0.110. The Hall–Kier alpha value is 0.690.